The fourth-order valence-corrected chi connectivity index (χ4v) is 3.52. The summed E-state index contributed by atoms with van der Waals surface area (Å²) in [4.78, 5) is 12.1. The molecule has 0 saturated heterocycles. The maximum absolute atomic E-state index is 12.1. The summed E-state index contributed by atoms with van der Waals surface area (Å²) < 4.78 is 1.15. The van der Waals surface area contributed by atoms with Gasteiger partial charge in [-0.2, -0.15) is 0 Å². The standard InChI is InChI=1S/C14H16N2OS2/c1-9-11(15)5-3-6-12(9)16-14(17)10(2)19-13-7-4-8-18-13/h3-8,10H,15H2,1-2H3,(H,16,17). The summed E-state index contributed by atoms with van der Waals surface area (Å²) >= 11 is 3.21. The molecule has 100 valence electrons. The van der Waals surface area contributed by atoms with Gasteiger partial charge in [0.25, 0.3) is 0 Å². The van der Waals surface area contributed by atoms with E-state index in [4.69, 9.17) is 5.73 Å². The molecule has 0 saturated carbocycles. The lowest BCUT2D eigenvalue weighted by atomic mass is 10.1. The first-order chi connectivity index (χ1) is 9.08. The van der Waals surface area contributed by atoms with E-state index in [2.05, 4.69) is 5.32 Å². The average Bonchev–Trinajstić information content (AvgIpc) is 2.87. The fraction of sp³-hybridized carbons (Fsp3) is 0.214. The maximum Gasteiger partial charge on any atom is 0.237 e. The number of nitrogens with two attached hydrogens (primary N) is 1. The van der Waals surface area contributed by atoms with Crippen LogP contribution in [-0.4, -0.2) is 11.2 Å². The Labute approximate surface area is 121 Å². The van der Waals surface area contributed by atoms with Gasteiger partial charge in [0.2, 0.25) is 5.91 Å². The van der Waals surface area contributed by atoms with Crippen LogP contribution in [0.4, 0.5) is 11.4 Å². The zero-order chi connectivity index (χ0) is 13.8. The molecule has 2 rings (SSSR count). The molecule has 0 radical (unpaired) electrons. The Bertz CT molecular complexity index is 567. The summed E-state index contributed by atoms with van der Waals surface area (Å²) in [5, 5.41) is 4.80. The predicted molar refractivity (Wildman–Crippen MR) is 83.9 cm³/mol. The van der Waals surface area contributed by atoms with Crippen LogP contribution in [0, 0.1) is 6.92 Å². The average molecular weight is 292 g/mol. The summed E-state index contributed by atoms with van der Waals surface area (Å²) in [6.07, 6.45) is 0. The van der Waals surface area contributed by atoms with Gasteiger partial charge in [0, 0.05) is 11.4 Å². The lowest BCUT2D eigenvalue weighted by Crippen LogP contribution is -2.22. The first-order valence-electron chi connectivity index (χ1n) is 5.94. The number of anilines is 2. The van der Waals surface area contributed by atoms with Gasteiger partial charge in [-0.3, -0.25) is 4.79 Å². The van der Waals surface area contributed by atoms with E-state index in [1.165, 1.54) is 0 Å². The van der Waals surface area contributed by atoms with Gasteiger partial charge < -0.3 is 11.1 Å². The summed E-state index contributed by atoms with van der Waals surface area (Å²) in [5.41, 5.74) is 8.21. The molecule has 3 N–H and O–H groups in total. The van der Waals surface area contributed by atoms with Gasteiger partial charge >= 0.3 is 0 Å². The number of nitrogens with one attached hydrogen (secondary N) is 1. The van der Waals surface area contributed by atoms with Crippen LogP contribution < -0.4 is 11.1 Å². The molecule has 0 aliphatic rings. The van der Waals surface area contributed by atoms with Crippen molar-refractivity contribution in [3.8, 4) is 0 Å². The van der Waals surface area contributed by atoms with Crippen LogP contribution in [0.1, 0.15) is 12.5 Å². The smallest absolute Gasteiger partial charge is 0.237 e. The summed E-state index contributed by atoms with van der Waals surface area (Å²) in [7, 11) is 0. The Kier molecular flexibility index (Phi) is 4.50. The van der Waals surface area contributed by atoms with E-state index in [0.717, 1.165) is 15.5 Å². The van der Waals surface area contributed by atoms with Crippen LogP contribution in [0.5, 0.6) is 0 Å². The van der Waals surface area contributed by atoms with Crippen LogP contribution in [0.15, 0.2) is 39.9 Å². The van der Waals surface area contributed by atoms with E-state index >= 15 is 0 Å². The van der Waals surface area contributed by atoms with Crippen LogP contribution in [0.2, 0.25) is 0 Å². The van der Waals surface area contributed by atoms with Crippen molar-refractivity contribution in [1.82, 2.24) is 0 Å². The number of carbonyl (C=O) groups excluding carboxylic acids is 1. The van der Waals surface area contributed by atoms with Crippen LogP contribution >= 0.6 is 23.1 Å². The molecule has 1 aromatic carbocycles. The number of thioether (sulfide) groups is 1. The molecular weight excluding hydrogens is 276 g/mol. The highest BCUT2D eigenvalue weighted by atomic mass is 32.2. The van der Waals surface area contributed by atoms with Gasteiger partial charge in [0.05, 0.1) is 9.46 Å². The molecule has 0 aliphatic heterocycles. The quantitative estimate of drug-likeness (QED) is 0.666. The molecule has 0 aliphatic carbocycles. The number of nitrogen functional groups attached to an aromatic ring is 1. The molecule has 2 aromatic rings. The Morgan fingerprint density at radius 1 is 1.37 bits per heavy atom. The zero-order valence-corrected chi connectivity index (χ0v) is 12.5. The number of hydrogen-bond donors (Lipinski definition) is 2. The third kappa shape index (κ3) is 3.52. The molecule has 1 aromatic heterocycles. The van der Waals surface area contributed by atoms with Gasteiger partial charge in [-0.25, -0.2) is 0 Å². The Hall–Kier alpha value is -1.46. The van der Waals surface area contributed by atoms with E-state index in [0.29, 0.717) is 5.69 Å². The zero-order valence-electron chi connectivity index (χ0n) is 10.8. The minimum atomic E-state index is -0.139. The second kappa shape index (κ2) is 6.12. The monoisotopic (exact) mass is 292 g/mol. The molecule has 0 fully saturated rings. The third-order valence-electron chi connectivity index (χ3n) is 2.79. The van der Waals surface area contributed by atoms with Gasteiger partial charge in [0.15, 0.2) is 0 Å². The van der Waals surface area contributed by atoms with Crippen molar-refractivity contribution in [3.63, 3.8) is 0 Å². The molecule has 0 spiro atoms. The van der Waals surface area contributed by atoms with Crippen molar-refractivity contribution in [1.29, 1.82) is 0 Å². The van der Waals surface area contributed by atoms with E-state index < -0.39 is 0 Å². The number of carbonyl (C=O) groups is 1. The van der Waals surface area contributed by atoms with Gasteiger partial charge in [-0.15, -0.1) is 23.1 Å². The third-order valence-corrected chi connectivity index (χ3v) is 4.97. The van der Waals surface area contributed by atoms with E-state index in [-0.39, 0.29) is 11.2 Å². The second-order valence-electron chi connectivity index (χ2n) is 4.20. The first-order valence-corrected chi connectivity index (χ1v) is 7.70. The summed E-state index contributed by atoms with van der Waals surface area (Å²) in [6, 6.07) is 9.54. The molecule has 1 amide bonds. The normalized spacial score (nSPS) is 12.1. The van der Waals surface area contributed by atoms with Crippen molar-refractivity contribution in [2.75, 3.05) is 11.1 Å². The number of hydrogen-bond acceptors (Lipinski definition) is 4. The fourth-order valence-electron chi connectivity index (χ4n) is 1.58. The van der Waals surface area contributed by atoms with Crippen molar-refractivity contribution >= 4 is 40.4 Å². The Morgan fingerprint density at radius 3 is 2.84 bits per heavy atom. The largest absolute Gasteiger partial charge is 0.398 e. The molecule has 19 heavy (non-hydrogen) atoms. The molecule has 3 nitrogen and oxygen atoms in total. The van der Waals surface area contributed by atoms with Gasteiger partial charge in [0.1, 0.15) is 0 Å². The van der Waals surface area contributed by atoms with Crippen molar-refractivity contribution < 1.29 is 4.79 Å². The topological polar surface area (TPSA) is 55.1 Å². The molecule has 5 heteroatoms. The molecule has 1 atom stereocenters. The van der Waals surface area contributed by atoms with E-state index in [1.807, 2.05) is 49.6 Å². The SMILES string of the molecule is Cc1c(N)cccc1NC(=O)C(C)Sc1cccs1. The summed E-state index contributed by atoms with van der Waals surface area (Å²) in [5.74, 6) is -0.00731. The van der Waals surface area contributed by atoms with E-state index in [9.17, 15) is 4.79 Å². The van der Waals surface area contributed by atoms with Gasteiger partial charge in [-0.05, 0) is 43.0 Å². The second-order valence-corrected chi connectivity index (χ2v) is 6.79. The lowest BCUT2D eigenvalue weighted by molar-refractivity contribution is -0.115. The minimum Gasteiger partial charge on any atom is -0.398 e. The lowest BCUT2D eigenvalue weighted by Gasteiger charge is -2.13. The van der Waals surface area contributed by atoms with Gasteiger partial charge in [-0.1, -0.05) is 12.1 Å². The van der Waals surface area contributed by atoms with Crippen molar-refractivity contribution in [3.05, 3.63) is 41.3 Å². The molecule has 1 unspecified atom stereocenters. The highest BCUT2D eigenvalue weighted by molar-refractivity contribution is 8.02. The van der Waals surface area contributed by atoms with E-state index in [1.54, 1.807) is 23.1 Å². The highest BCUT2D eigenvalue weighted by Gasteiger charge is 2.16. The van der Waals surface area contributed by atoms with Crippen molar-refractivity contribution in [2.24, 2.45) is 0 Å². The number of rotatable bonds is 4. The van der Waals surface area contributed by atoms with Crippen LogP contribution in [0.25, 0.3) is 0 Å². The van der Waals surface area contributed by atoms with Crippen molar-refractivity contribution in [2.45, 2.75) is 23.3 Å². The maximum atomic E-state index is 12.1. The Balaban J connectivity index is 2.02. The van der Waals surface area contributed by atoms with Crippen LogP contribution in [-0.2, 0) is 4.79 Å². The van der Waals surface area contributed by atoms with Crippen LogP contribution in [0.3, 0.4) is 0 Å². The number of amides is 1. The summed E-state index contributed by atoms with van der Waals surface area (Å²) in [6.45, 7) is 3.81. The molecule has 0 bridgehead atoms. The molecular formula is C14H16N2OS2. The minimum absolute atomic E-state index is 0.00731. The number of thiophene rings is 1. The number of benzene rings is 1. The molecule has 1 heterocycles. The highest BCUT2D eigenvalue weighted by Crippen LogP contribution is 2.29. The Morgan fingerprint density at radius 2 is 2.16 bits per heavy atom. The predicted octanol–water partition coefficient (Wildman–Crippen LogP) is 3.76. The first kappa shape index (κ1) is 14.0.